The number of carbonyl (C=O) groups is 1. The Kier molecular flexibility index (Phi) is 3.97. The van der Waals surface area contributed by atoms with Crippen molar-refractivity contribution in [1.29, 1.82) is 0 Å². The van der Waals surface area contributed by atoms with Gasteiger partial charge in [-0.05, 0) is 29.8 Å². The van der Waals surface area contributed by atoms with Crippen LogP contribution in [-0.4, -0.2) is 15.6 Å². The van der Waals surface area contributed by atoms with Crippen LogP contribution in [-0.2, 0) is 6.54 Å². The van der Waals surface area contributed by atoms with Gasteiger partial charge in [-0.15, -0.1) is 0 Å². The smallest absolute Gasteiger partial charge is 0.164 e. The van der Waals surface area contributed by atoms with Gasteiger partial charge in [0.05, 0.1) is 10.2 Å². The molecule has 1 aromatic heterocycles. The largest absolute Gasteiger partial charge is 0.294 e. The summed E-state index contributed by atoms with van der Waals surface area (Å²) in [4.78, 5) is 12.0. The lowest BCUT2D eigenvalue weighted by Crippen LogP contribution is -2.08. The molecule has 0 N–H and O–H groups in total. The number of benzene rings is 1. The van der Waals surface area contributed by atoms with Crippen molar-refractivity contribution in [2.45, 2.75) is 26.8 Å². The van der Waals surface area contributed by atoms with E-state index in [4.69, 9.17) is 0 Å². The van der Waals surface area contributed by atoms with Crippen LogP contribution in [0.4, 0.5) is 0 Å². The standard InChI is InChI=1S/C14H15BrN2O/c1-10-14(15)11(2)17(16-10)9-8-13(18)12-6-4-3-5-7-12/h3-7H,8-9H2,1-2H3. The molecule has 0 saturated carbocycles. The summed E-state index contributed by atoms with van der Waals surface area (Å²) in [5.74, 6) is 0.152. The first kappa shape index (κ1) is 13.0. The van der Waals surface area contributed by atoms with Crippen LogP contribution in [0.15, 0.2) is 34.8 Å². The van der Waals surface area contributed by atoms with Crippen LogP contribution >= 0.6 is 15.9 Å². The van der Waals surface area contributed by atoms with E-state index in [1.807, 2.05) is 48.9 Å². The van der Waals surface area contributed by atoms with Crippen molar-refractivity contribution in [3.63, 3.8) is 0 Å². The van der Waals surface area contributed by atoms with Gasteiger partial charge in [0.1, 0.15) is 0 Å². The monoisotopic (exact) mass is 306 g/mol. The molecule has 4 heteroatoms. The van der Waals surface area contributed by atoms with Gasteiger partial charge in [0.15, 0.2) is 5.78 Å². The molecule has 0 unspecified atom stereocenters. The van der Waals surface area contributed by atoms with Gasteiger partial charge in [-0.3, -0.25) is 9.48 Å². The molecule has 0 bridgehead atoms. The third-order valence-electron chi connectivity index (χ3n) is 2.94. The number of hydrogen-bond donors (Lipinski definition) is 0. The van der Waals surface area contributed by atoms with E-state index in [1.165, 1.54) is 0 Å². The van der Waals surface area contributed by atoms with Crippen molar-refractivity contribution < 1.29 is 4.79 Å². The Hall–Kier alpha value is -1.42. The Balaban J connectivity index is 2.04. The van der Waals surface area contributed by atoms with Crippen molar-refractivity contribution in [3.8, 4) is 0 Å². The fourth-order valence-electron chi connectivity index (χ4n) is 1.87. The van der Waals surface area contributed by atoms with Crippen LogP contribution in [0.2, 0.25) is 0 Å². The number of aryl methyl sites for hydroxylation is 2. The highest BCUT2D eigenvalue weighted by atomic mass is 79.9. The number of Topliss-reactive ketones (excluding diaryl/α,β-unsaturated/α-hetero) is 1. The first-order chi connectivity index (χ1) is 8.59. The molecule has 18 heavy (non-hydrogen) atoms. The van der Waals surface area contributed by atoms with Crippen molar-refractivity contribution in [2.75, 3.05) is 0 Å². The number of halogens is 1. The molecule has 0 spiro atoms. The molecule has 1 heterocycles. The van der Waals surface area contributed by atoms with Crippen molar-refractivity contribution >= 4 is 21.7 Å². The van der Waals surface area contributed by atoms with Crippen LogP contribution < -0.4 is 0 Å². The van der Waals surface area contributed by atoms with Crippen molar-refractivity contribution in [1.82, 2.24) is 9.78 Å². The van der Waals surface area contributed by atoms with Gasteiger partial charge in [0.2, 0.25) is 0 Å². The highest BCUT2D eigenvalue weighted by Gasteiger charge is 2.10. The maximum Gasteiger partial charge on any atom is 0.164 e. The quantitative estimate of drug-likeness (QED) is 0.810. The van der Waals surface area contributed by atoms with Gasteiger partial charge in [0, 0.05) is 24.2 Å². The number of nitrogens with zero attached hydrogens (tertiary/aromatic N) is 2. The molecular formula is C14H15BrN2O. The molecule has 0 aliphatic carbocycles. The topological polar surface area (TPSA) is 34.9 Å². The van der Waals surface area contributed by atoms with Gasteiger partial charge in [-0.1, -0.05) is 30.3 Å². The second-order valence-electron chi connectivity index (χ2n) is 4.25. The molecule has 0 aliphatic heterocycles. The molecule has 2 aromatic rings. The zero-order chi connectivity index (χ0) is 13.1. The van der Waals surface area contributed by atoms with Gasteiger partial charge < -0.3 is 0 Å². The minimum Gasteiger partial charge on any atom is -0.294 e. The van der Waals surface area contributed by atoms with Gasteiger partial charge in [-0.2, -0.15) is 5.10 Å². The van der Waals surface area contributed by atoms with Gasteiger partial charge in [0.25, 0.3) is 0 Å². The summed E-state index contributed by atoms with van der Waals surface area (Å²) in [7, 11) is 0. The number of carbonyl (C=O) groups excluding carboxylic acids is 1. The Labute approximate surface area is 115 Å². The summed E-state index contributed by atoms with van der Waals surface area (Å²) in [5.41, 5.74) is 2.78. The van der Waals surface area contributed by atoms with E-state index in [9.17, 15) is 4.79 Å². The van der Waals surface area contributed by atoms with E-state index in [2.05, 4.69) is 21.0 Å². The van der Waals surface area contributed by atoms with Crippen LogP contribution in [0.3, 0.4) is 0 Å². The molecule has 0 saturated heterocycles. The number of rotatable bonds is 4. The summed E-state index contributed by atoms with van der Waals surface area (Å²) in [6.07, 6.45) is 0.471. The van der Waals surface area contributed by atoms with E-state index < -0.39 is 0 Å². The summed E-state index contributed by atoms with van der Waals surface area (Å²) in [6, 6.07) is 9.37. The van der Waals surface area contributed by atoms with E-state index in [-0.39, 0.29) is 5.78 Å². The minimum absolute atomic E-state index is 0.152. The first-order valence-corrected chi connectivity index (χ1v) is 6.66. The Morgan fingerprint density at radius 3 is 2.50 bits per heavy atom. The highest BCUT2D eigenvalue weighted by molar-refractivity contribution is 9.10. The normalized spacial score (nSPS) is 10.6. The summed E-state index contributed by atoms with van der Waals surface area (Å²) >= 11 is 3.48. The average Bonchev–Trinajstić information content (AvgIpc) is 2.64. The molecule has 94 valence electrons. The maximum absolute atomic E-state index is 12.0. The number of hydrogen-bond acceptors (Lipinski definition) is 2. The Morgan fingerprint density at radius 1 is 1.28 bits per heavy atom. The van der Waals surface area contributed by atoms with E-state index in [0.29, 0.717) is 13.0 Å². The maximum atomic E-state index is 12.0. The lowest BCUT2D eigenvalue weighted by atomic mass is 10.1. The van der Waals surface area contributed by atoms with Crippen LogP contribution in [0.5, 0.6) is 0 Å². The molecule has 0 amide bonds. The molecule has 1 aromatic carbocycles. The SMILES string of the molecule is Cc1nn(CCC(=O)c2ccccc2)c(C)c1Br. The predicted molar refractivity (Wildman–Crippen MR) is 74.8 cm³/mol. The lowest BCUT2D eigenvalue weighted by molar-refractivity contribution is 0.0975. The Bertz CT molecular complexity index is 561. The molecule has 0 radical (unpaired) electrons. The lowest BCUT2D eigenvalue weighted by Gasteiger charge is -2.04. The third-order valence-corrected chi connectivity index (χ3v) is 4.09. The zero-order valence-electron chi connectivity index (χ0n) is 10.5. The second-order valence-corrected chi connectivity index (χ2v) is 5.04. The van der Waals surface area contributed by atoms with Crippen LogP contribution in [0.25, 0.3) is 0 Å². The number of aromatic nitrogens is 2. The number of ketones is 1. The molecule has 0 fully saturated rings. The molecule has 0 atom stereocenters. The van der Waals surface area contributed by atoms with E-state index in [1.54, 1.807) is 0 Å². The molecule has 2 rings (SSSR count). The van der Waals surface area contributed by atoms with E-state index in [0.717, 1.165) is 21.4 Å². The van der Waals surface area contributed by atoms with Crippen LogP contribution in [0.1, 0.15) is 28.2 Å². The summed E-state index contributed by atoms with van der Waals surface area (Å²) < 4.78 is 2.90. The molecular weight excluding hydrogens is 292 g/mol. The minimum atomic E-state index is 0.152. The van der Waals surface area contributed by atoms with Gasteiger partial charge >= 0.3 is 0 Å². The highest BCUT2D eigenvalue weighted by Crippen LogP contribution is 2.20. The van der Waals surface area contributed by atoms with Crippen molar-refractivity contribution in [2.24, 2.45) is 0 Å². The summed E-state index contributed by atoms with van der Waals surface area (Å²) in [6.45, 7) is 4.57. The van der Waals surface area contributed by atoms with E-state index >= 15 is 0 Å². The zero-order valence-corrected chi connectivity index (χ0v) is 12.1. The second kappa shape index (κ2) is 5.48. The van der Waals surface area contributed by atoms with Gasteiger partial charge in [-0.25, -0.2) is 0 Å². The molecule has 0 aliphatic rings. The first-order valence-electron chi connectivity index (χ1n) is 5.87. The van der Waals surface area contributed by atoms with Crippen molar-refractivity contribution in [3.05, 3.63) is 51.8 Å². The molecule has 3 nitrogen and oxygen atoms in total. The van der Waals surface area contributed by atoms with Crippen LogP contribution in [0, 0.1) is 13.8 Å². The predicted octanol–water partition coefficient (Wildman–Crippen LogP) is 3.54. The Morgan fingerprint density at radius 2 is 1.94 bits per heavy atom. The fourth-order valence-corrected chi connectivity index (χ4v) is 2.15. The third kappa shape index (κ3) is 2.70. The summed E-state index contributed by atoms with van der Waals surface area (Å²) in [5, 5.41) is 4.39. The fraction of sp³-hybridized carbons (Fsp3) is 0.286. The average molecular weight is 307 g/mol.